The van der Waals surface area contributed by atoms with Crippen LogP contribution in [0.25, 0.3) is 0 Å². The van der Waals surface area contributed by atoms with Gasteiger partial charge in [-0.3, -0.25) is 0 Å². The second-order valence-electron chi connectivity index (χ2n) is 7.84. The molecule has 1 rings (SSSR count). The number of halogens is 3. The molecule has 0 spiro atoms. The molecule has 0 fully saturated rings. The Bertz CT molecular complexity index is 507. The summed E-state index contributed by atoms with van der Waals surface area (Å²) >= 11 is 0. The molecule has 1 unspecified atom stereocenters. The number of hydrogen-bond donors (Lipinski definition) is 0. The molecule has 0 heterocycles. The van der Waals surface area contributed by atoms with Gasteiger partial charge in [0.25, 0.3) is 0 Å². The van der Waals surface area contributed by atoms with Crippen LogP contribution in [0.1, 0.15) is 18.9 Å². The van der Waals surface area contributed by atoms with Gasteiger partial charge in [-0.2, -0.15) is 0 Å². The highest BCUT2D eigenvalue weighted by Gasteiger charge is 2.38. The van der Waals surface area contributed by atoms with Gasteiger partial charge in [0, 0.05) is 12.1 Å². The van der Waals surface area contributed by atoms with Crippen LogP contribution in [0.15, 0.2) is 12.1 Å². The van der Waals surface area contributed by atoms with Gasteiger partial charge in [0.2, 0.25) is 0 Å². The average Bonchev–Trinajstić information content (AvgIpc) is 2.31. The summed E-state index contributed by atoms with van der Waals surface area (Å²) in [6.45, 7) is 15.8. The molecular weight excluding hydrogens is 319 g/mol. The molecule has 0 aliphatic heterocycles. The van der Waals surface area contributed by atoms with Gasteiger partial charge in [-0.15, -0.1) is 0 Å². The van der Waals surface area contributed by atoms with Crippen molar-refractivity contribution in [2.24, 2.45) is 0 Å². The maximum Gasteiger partial charge on any atom is 0.161 e. The lowest BCUT2D eigenvalue weighted by atomic mass is 10.0. The maximum atomic E-state index is 14.0. The topological polar surface area (TPSA) is 3.24 Å². The first-order chi connectivity index (χ1) is 9.87. The minimum absolute atomic E-state index is 0.165. The van der Waals surface area contributed by atoms with Crippen LogP contribution in [0.5, 0.6) is 0 Å². The van der Waals surface area contributed by atoms with E-state index in [4.69, 9.17) is 0 Å². The third kappa shape index (κ3) is 4.70. The van der Waals surface area contributed by atoms with Crippen LogP contribution < -0.4 is 0 Å². The number of nitrogens with zero attached hydrogens (tertiary/aromatic N) is 1. The summed E-state index contributed by atoms with van der Waals surface area (Å²) in [7, 11) is -3.19. The molecule has 1 aromatic rings. The number of rotatable bonds is 6. The fraction of sp³-hybridized carbons (Fsp3) is 0.625. The fourth-order valence-electron chi connectivity index (χ4n) is 3.49. The quantitative estimate of drug-likeness (QED) is 0.492. The molecule has 1 aromatic carbocycles. The lowest BCUT2D eigenvalue weighted by molar-refractivity contribution is 0.413. The summed E-state index contributed by atoms with van der Waals surface area (Å²) < 4.78 is 43.1. The monoisotopic (exact) mass is 347 g/mol. The van der Waals surface area contributed by atoms with Crippen LogP contribution >= 0.6 is 0 Å². The van der Waals surface area contributed by atoms with Gasteiger partial charge >= 0.3 is 0 Å². The zero-order valence-corrected chi connectivity index (χ0v) is 16.7. The van der Waals surface area contributed by atoms with Crippen molar-refractivity contribution in [3.8, 4) is 0 Å². The third-order valence-electron chi connectivity index (χ3n) is 3.83. The Labute approximate surface area is 134 Å². The fourth-order valence-corrected chi connectivity index (χ4v) is 14.3. The Kier molecular flexibility index (Phi) is 6.09. The van der Waals surface area contributed by atoms with E-state index in [1.807, 2.05) is 0 Å². The van der Waals surface area contributed by atoms with E-state index >= 15 is 0 Å². The molecule has 0 N–H and O–H groups in total. The highest BCUT2D eigenvalue weighted by atomic mass is 28.4. The van der Waals surface area contributed by atoms with Crippen molar-refractivity contribution in [2.45, 2.75) is 65.1 Å². The summed E-state index contributed by atoms with van der Waals surface area (Å²) in [4.78, 5) is 0. The maximum absolute atomic E-state index is 14.0. The first-order valence-corrected chi connectivity index (χ1v) is 14.7. The molecule has 6 heteroatoms. The molecule has 1 atom stereocenters. The van der Waals surface area contributed by atoms with E-state index in [2.05, 4.69) is 50.4 Å². The summed E-state index contributed by atoms with van der Waals surface area (Å²) in [6.07, 6.45) is 1.29. The minimum atomic E-state index is -1.60. The second kappa shape index (κ2) is 6.88. The van der Waals surface area contributed by atoms with Gasteiger partial charge in [-0.1, -0.05) is 46.2 Å². The lowest BCUT2D eigenvalue weighted by Gasteiger charge is -2.49. The van der Waals surface area contributed by atoms with Gasteiger partial charge in [0.1, 0.15) is 22.3 Å². The zero-order valence-electron chi connectivity index (χ0n) is 14.7. The summed E-state index contributed by atoms with van der Waals surface area (Å²) in [6, 6.07) is 1.84. The predicted molar refractivity (Wildman–Crippen MR) is 92.6 cm³/mol. The van der Waals surface area contributed by atoms with Crippen LogP contribution in [0.4, 0.5) is 13.2 Å². The highest BCUT2D eigenvalue weighted by Crippen LogP contribution is 2.27. The molecule has 0 saturated carbocycles. The second-order valence-corrected chi connectivity index (χ2v) is 17.9. The van der Waals surface area contributed by atoms with Crippen LogP contribution in [0.3, 0.4) is 0 Å². The van der Waals surface area contributed by atoms with Crippen LogP contribution in [0, 0.1) is 17.5 Å². The summed E-state index contributed by atoms with van der Waals surface area (Å²) in [5.74, 6) is -2.75. The van der Waals surface area contributed by atoms with Crippen molar-refractivity contribution in [1.82, 2.24) is 4.23 Å². The summed E-state index contributed by atoms with van der Waals surface area (Å²) in [5.41, 5.74) is 0.271. The Hall–Kier alpha value is -0.596. The molecule has 0 aliphatic rings. The van der Waals surface area contributed by atoms with Gasteiger partial charge in [-0.25, -0.2) is 13.2 Å². The van der Waals surface area contributed by atoms with Crippen LogP contribution in [-0.4, -0.2) is 26.7 Å². The molecule has 0 saturated heterocycles. The van der Waals surface area contributed by atoms with Crippen molar-refractivity contribution in [1.29, 1.82) is 0 Å². The van der Waals surface area contributed by atoms with Crippen LogP contribution in [-0.2, 0) is 6.42 Å². The summed E-state index contributed by atoms with van der Waals surface area (Å²) in [5, 5.41) is 0. The lowest BCUT2D eigenvalue weighted by Crippen LogP contribution is -2.63. The molecule has 1 nitrogen and oxygen atoms in total. The average molecular weight is 348 g/mol. The normalized spacial score (nSPS) is 14.5. The molecule has 126 valence electrons. The smallest absolute Gasteiger partial charge is 0.161 e. The van der Waals surface area contributed by atoms with Crippen molar-refractivity contribution in [2.75, 3.05) is 0 Å². The first kappa shape index (κ1) is 19.5. The largest absolute Gasteiger partial charge is 0.343 e. The van der Waals surface area contributed by atoms with Crippen LogP contribution in [0.2, 0.25) is 39.3 Å². The Morgan fingerprint density at radius 1 is 0.864 bits per heavy atom. The SMILES string of the molecule is CCC(Cc1cc(F)c(F)cc1F)N([Si](C)(C)C)[Si](C)(C)C. The highest BCUT2D eigenvalue weighted by molar-refractivity contribution is 6.89. The van der Waals surface area contributed by atoms with E-state index in [0.29, 0.717) is 12.5 Å². The Morgan fingerprint density at radius 2 is 1.32 bits per heavy atom. The standard InChI is InChI=1S/C16H28F3NSi2/c1-8-13(20(21(2,3)4)22(5,6)7)9-12-10-15(18)16(19)11-14(12)17/h10-11,13H,8-9H2,1-7H3. The van der Waals surface area contributed by atoms with Gasteiger partial charge in [0.15, 0.2) is 11.6 Å². The predicted octanol–water partition coefficient (Wildman–Crippen LogP) is 5.40. The van der Waals surface area contributed by atoms with Gasteiger partial charge in [0.05, 0.1) is 0 Å². The van der Waals surface area contributed by atoms with E-state index in [0.717, 1.165) is 12.5 Å². The zero-order chi connectivity index (χ0) is 17.3. The van der Waals surface area contributed by atoms with E-state index < -0.39 is 33.9 Å². The van der Waals surface area contributed by atoms with E-state index in [9.17, 15) is 13.2 Å². The van der Waals surface area contributed by atoms with E-state index in [-0.39, 0.29) is 11.6 Å². The first-order valence-electron chi connectivity index (χ1n) is 7.80. The third-order valence-corrected chi connectivity index (χ3v) is 11.5. The van der Waals surface area contributed by atoms with Crippen molar-refractivity contribution >= 4 is 16.5 Å². The van der Waals surface area contributed by atoms with Gasteiger partial charge in [-0.05, 0) is 24.5 Å². The molecular formula is C16H28F3NSi2. The van der Waals surface area contributed by atoms with E-state index in [1.54, 1.807) is 0 Å². The van der Waals surface area contributed by atoms with Crippen molar-refractivity contribution in [3.63, 3.8) is 0 Å². The van der Waals surface area contributed by atoms with Crippen molar-refractivity contribution in [3.05, 3.63) is 35.1 Å². The number of benzene rings is 1. The number of hydrogen-bond acceptors (Lipinski definition) is 1. The Morgan fingerprint density at radius 3 is 1.73 bits per heavy atom. The van der Waals surface area contributed by atoms with Crippen molar-refractivity contribution < 1.29 is 13.2 Å². The minimum Gasteiger partial charge on any atom is -0.343 e. The van der Waals surface area contributed by atoms with E-state index in [1.165, 1.54) is 0 Å². The molecule has 0 aliphatic carbocycles. The molecule has 22 heavy (non-hydrogen) atoms. The molecule has 0 amide bonds. The van der Waals surface area contributed by atoms with Gasteiger partial charge < -0.3 is 4.23 Å². The molecule has 0 radical (unpaired) electrons. The molecule has 0 bridgehead atoms. The Balaban J connectivity index is 3.18. The molecule has 0 aromatic heterocycles.